The first-order valence-electron chi connectivity index (χ1n) is 6.14. The second-order valence-electron chi connectivity index (χ2n) is 4.04. The fraction of sp³-hybridized carbons (Fsp3) is 0.667. The Morgan fingerprint density at radius 1 is 1.47 bits per heavy atom. The molecule has 1 rings (SSSR count). The molecule has 0 amide bonds. The Morgan fingerprint density at radius 3 is 2.82 bits per heavy atom. The summed E-state index contributed by atoms with van der Waals surface area (Å²) in [6.07, 6.45) is 6.17. The third-order valence-corrected chi connectivity index (χ3v) is 2.73. The Morgan fingerprint density at radius 2 is 2.24 bits per heavy atom. The number of hydrogen-bond acceptors (Lipinski definition) is 5. The maximum atomic E-state index is 5.58. The van der Waals surface area contributed by atoms with Crippen LogP contribution in [0.15, 0.2) is 6.20 Å². The normalized spacial score (nSPS) is 12.2. The molecule has 0 aliphatic rings. The van der Waals surface area contributed by atoms with Crippen LogP contribution in [-0.2, 0) is 0 Å². The van der Waals surface area contributed by atoms with Crippen LogP contribution in [0, 0.1) is 0 Å². The van der Waals surface area contributed by atoms with E-state index < -0.39 is 0 Å². The molecule has 1 aromatic heterocycles. The van der Waals surface area contributed by atoms with Crippen LogP contribution in [0.1, 0.15) is 39.5 Å². The Balaban J connectivity index is 2.73. The molecule has 3 N–H and O–H groups in total. The molecule has 0 bridgehead atoms. The van der Waals surface area contributed by atoms with E-state index >= 15 is 0 Å². The summed E-state index contributed by atoms with van der Waals surface area (Å²) in [4.78, 5) is 8.08. The summed E-state index contributed by atoms with van der Waals surface area (Å²) in [5.41, 5.74) is 5.58. The van der Waals surface area contributed by atoms with Gasteiger partial charge in [-0.25, -0.2) is 4.98 Å². The fourth-order valence-corrected chi connectivity index (χ4v) is 1.66. The molecule has 5 nitrogen and oxygen atoms in total. The zero-order valence-corrected chi connectivity index (χ0v) is 10.9. The number of anilines is 2. The van der Waals surface area contributed by atoms with Gasteiger partial charge >= 0.3 is 0 Å². The van der Waals surface area contributed by atoms with Gasteiger partial charge in [-0.15, -0.1) is 0 Å². The summed E-state index contributed by atoms with van der Waals surface area (Å²) in [7, 11) is 1.60. The SMILES string of the molecule is CCCC[C@@H](CC)Nc1nc(N)ncc1OC. The number of aromatic nitrogens is 2. The van der Waals surface area contributed by atoms with E-state index in [0.717, 1.165) is 12.8 Å². The van der Waals surface area contributed by atoms with Crippen LogP contribution in [0.4, 0.5) is 11.8 Å². The highest BCUT2D eigenvalue weighted by Crippen LogP contribution is 2.23. The minimum atomic E-state index is 0.263. The van der Waals surface area contributed by atoms with Gasteiger partial charge in [0.25, 0.3) is 0 Å². The summed E-state index contributed by atoms with van der Waals surface area (Å²) >= 11 is 0. The highest BCUT2D eigenvalue weighted by atomic mass is 16.5. The Labute approximate surface area is 103 Å². The lowest BCUT2D eigenvalue weighted by Crippen LogP contribution is -2.20. The molecule has 1 aromatic rings. The van der Waals surface area contributed by atoms with E-state index in [4.69, 9.17) is 10.5 Å². The van der Waals surface area contributed by atoms with E-state index in [0.29, 0.717) is 17.6 Å². The quantitative estimate of drug-likeness (QED) is 0.763. The van der Waals surface area contributed by atoms with Crippen molar-refractivity contribution in [2.75, 3.05) is 18.2 Å². The average molecular weight is 238 g/mol. The van der Waals surface area contributed by atoms with Crippen molar-refractivity contribution in [1.82, 2.24) is 9.97 Å². The first-order valence-corrected chi connectivity index (χ1v) is 6.14. The Kier molecular flexibility index (Phi) is 5.52. The van der Waals surface area contributed by atoms with Gasteiger partial charge < -0.3 is 15.8 Å². The van der Waals surface area contributed by atoms with Crippen molar-refractivity contribution in [3.05, 3.63) is 6.20 Å². The molecule has 0 aliphatic heterocycles. The Bertz CT molecular complexity index is 343. The van der Waals surface area contributed by atoms with Crippen molar-refractivity contribution in [2.24, 2.45) is 0 Å². The number of nitrogens with one attached hydrogen (secondary N) is 1. The summed E-state index contributed by atoms with van der Waals surface area (Å²) in [6.45, 7) is 4.35. The van der Waals surface area contributed by atoms with E-state index in [1.807, 2.05) is 0 Å². The minimum Gasteiger partial charge on any atom is -0.491 e. The van der Waals surface area contributed by atoms with E-state index in [-0.39, 0.29) is 5.95 Å². The van der Waals surface area contributed by atoms with Gasteiger partial charge in [-0.2, -0.15) is 4.98 Å². The molecular weight excluding hydrogens is 216 g/mol. The van der Waals surface area contributed by atoms with Crippen LogP contribution < -0.4 is 15.8 Å². The molecule has 0 unspecified atom stereocenters. The van der Waals surface area contributed by atoms with E-state index in [2.05, 4.69) is 29.1 Å². The minimum absolute atomic E-state index is 0.263. The topological polar surface area (TPSA) is 73.1 Å². The molecule has 0 aromatic carbocycles. The van der Waals surface area contributed by atoms with Gasteiger partial charge in [0.05, 0.1) is 13.3 Å². The summed E-state index contributed by atoms with van der Waals surface area (Å²) in [6, 6.07) is 0.401. The third kappa shape index (κ3) is 4.09. The van der Waals surface area contributed by atoms with Crippen molar-refractivity contribution in [3.8, 4) is 5.75 Å². The van der Waals surface area contributed by atoms with Crippen molar-refractivity contribution < 1.29 is 4.74 Å². The first-order chi connectivity index (χ1) is 8.21. The van der Waals surface area contributed by atoms with Crippen molar-refractivity contribution in [1.29, 1.82) is 0 Å². The third-order valence-electron chi connectivity index (χ3n) is 2.73. The zero-order valence-electron chi connectivity index (χ0n) is 10.9. The maximum absolute atomic E-state index is 5.58. The molecule has 0 saturated carbocycles. The van der Waals surface area contributed by atoms with Crippen LogP contribution in [0.3, 0.4) is 0 Å². The largest absolute Gasteiger partial charge is 0.491 e. The van der Waals surface area contributed by atoms with Gasteiger partial charge in [-0.05, 0) is 12.8 Å². The smallest absolute Gasteiger partial charge is 0.222 e. The summed E-state index contributed by atoms with van der Waals surface area (Å²) < 4.78 is 5.21. The number of nitrogens with two attached hydrogens (primary N) is 1. The molecule has 96 valence electrons. The van der Waals surface area contributed by atoms with E-state index in [9.17, 15) is 0 Å². The highest BCUT2D eigenvalue weighted by molar-refractivity contribution is 5.51. The van der Waals surface area contributed by atoms with Gasteiger partial charge in [0.2, 0.25) is 5.95 Å². The average Bonchev–Trinajstić information content (AvgIpc) is 2.34. The van der Waals surface area contributed by atoms with Gasteiger partial charge in [0, 0.05) is 6.04 Å². The van der Waals surface area contributed by atoms with Crippen LogP contribution in [0.5, 0.6) is 5.75 Å². The lowest BCUT2D eigenvalue weighted by atomic mass is 10.1. The van der Waals surface area contributed by atoms with Crippen molar-refractivity contribution in [2.45, 2.75) is 45.6 Å². The number of hydrogen-bond donors (Lipinski definition) is 2. The number of nitrogens with zero attached hydrogens (tertiary/aromatic N) is 2. The molecule has 0 radical (unpaired) electrons. The van der Waals surface area contributed by atoms with Crippen LogP contribution in [0.25, 0.3) is 0 Å². The predicted molar refractivity (Wildman–Crippen MR) is 70.2 cm³/mol. The molecular formula is C12H22N4O. The predicted octanol–water partition coefficient (Wildman–Crippen LogP) is 2.45. The molecule has 0 aliphatic carbocycles. The summed E-state index contributed by atoms with van der Waals surface area (Å²) in [5, 5.41) is 3.37. The van der Waals surface area contributed by atoms with Crippen molar-refractivity contribution in [3.63, 3.8) is 0 Å². The van der Waals surface area contributed by atoms with Crippen LogP contribution >= 0.6 is 0 Å². The van der Waals surface area contributed by atoms with Crippen LogP contribution in [0.2, 0.25) is 0 Å². The second-order valence-corrected chi connectivity index (χ2v) is 4.04. The Hall–Kier alpha value is -1.52. The number of methoxy groups -OCH3 is 1. The maximum Gasteiger partial charge on any atom is 0.222 e. The molecule has 5 heteroatoms. The lowest BCUT2D eigenvalue weighted by molar-refractivity contribution is 0.411. The molecule has 0 fully saturated rings. The fourth-order valence-electron chi connectivity index (χ4n) is 1.66. The molecule has 1 atom stereocenters. The number of nitrogen functional groups attached to an aromatic ring is 1. The molecule has 17 heavy (non-hydrogen) atoms. The van der Waals surface area contributed by atoms with Crippen molar-refractivity contribution >= 4 is 11.8 Å². The van der Waals surface area contributed by atoms with E-state index in [1.165, 1.54) is 12.8 Å². The van der Waals surface area contributed by atoms with Gasteiger partial charge in [-0.1, -0.05) is 26.7 Å². The van der Waals surface area contributed by atoms with Gasteiger partial charge in [0.15, 0.2) is 11.6 Å². The monoisotopic (exact) mass is 238 g/mol. The second kappa shape index (κ2) is 6.93. The number of unbranched alkanes of at least 4 members (excludes halogenated alkanes) is 1. The number of ether oxygens (including phenoxy) is 1. The lowest BCUT2D eigenvalue weighted by Gasteiger charge is -2.18. The number of rotatable bonds is 7. The van der Waals surface area contributed by atoms with Crippen LogP contribution in [-0.4, -0.2) is 23.1 Å². The molecule has 0 spiro atoms. The molecule has 1 heterocycles. The molecule has 0 saturated heterocycles. The van der Waals surface area contributed by atoms with Gasteiger partial charge in [-0.3, -0.25) is 0 Å². The summed E-state index contributed by atoms with van der Waals surface area (Å²) in [5.74, 6) is 1.58. The standard InChI is InChI=1S/C12H22N4O/c1-4-6-7-9(5-2)15-11-10(17-3)8-14-12(13)16-11/h8-9H,4-7H2,1-3H3,(H3,13,14,15,16)/t9-/m1/s1. The zero-order chi connectivity index (χ0) is 12.7. The highest BCUT2D eigenvalue weighted by Gasteiger charge is 2.11. The van der Waals surface area contributed by atoms with E-state index in [1.54, 1.807) is 13.3 Å². The van der Waals surface area contributed by atoms with Gasteiger partial charge in [0.1, 0.15) is 0 Å². The first kappa shape index (κ1) is 13.5.